The molecule has 1 saturated carbocycles. The highest BCUT2D eigenvalue weighted by Gasteiger charge is 2.32. The number of fused-ring (bicyclic) bond motifs is 1. The van der Waals surface area contributed by atoms with E-state index in [-0.39, 0.29) is 17.4 Å². The number of carboxylic acids is 1. The van der Waals surface area contributed by atoms with E-state index in [1.54, 1.807) is 6.07 Å². The van der Waals surface area contributed by atoms with Crippen molar-refractivity contribution < 1.29 is 19.4 Å². The molecule has 1 unspecified atom stereocenters. The molecule has 2 heterocycles. The van der Waals surface area contributed by atoms with Gasteiger partial charge in [0.25, 0.3) is 0 Å². The summed E-state index contributed by atoms with van der Waals surface area (Å²) in [7, 11) is 0. The van der Waals surface area contributed by atoms with Gasteiger partial charge in [-0.15, -0.1) is 0 Å². The number of carbonyl (C=O) groups is 1. The van der Waals surface area contributed by atoms with E-state index in [0.717, 1.165) is 12.3 Å². The highest BCUT2D eigenvalue weighted by atomic mass is 127. The second-order valence-corrected chi connectivity index (χ2v) is 9.98. The van der Waals surface area contributed by atoms with E-state index >= 15 is 0 Å². The summed E-state index contributed by atoms with van der Waals surface area (Å²) in [4.78, 5) is 14.2. The van der Waals surface area contributed by atoms with Crippen LogP contribution < -0.4 is 15.2 Å². The average molecular weight is 514 g/mol. The van der Waals surface area contributed by atoms with Crippen LogP contribution in [0, 0.1) is 15.4 Å². The minimum atomic E-state index is -1.02. The van der Waals surface area contributed by atoms with Gasteiger partial charge >= 0.3 is 5.97 Å². The first-order valence-electron chi connectivity index (χ1n) is 10.9. The van der Waals surface area contributed by atoms with Crippen molar-refractivity contribution >= 4 is 34.2 Å². The summed E-state index contributed by atoms with van der Waals surface area (Å²) in [6, 6.07) is 1.54. The summed E-state index contributed by atoms with van der Waals surface area (Å²) < 4.78 is 12.7. The van der Waals surface area contributed by atoms with Crippen LogP contribution in [0.1, 0.15) is 61.7 Å². The Hall–Kier alpha value is -1.22. The molecule has 1 atom stereocenters. The highest BCUT2D eigenvalue weighted by molar-refractivity contribution is 14.1. The smallest absolute Gasteiger partial charge is 0.339 e. The summed E-state index contributed by atoms with van der Waals surface area (Å²) in [5, 5.41) is 9.44. The number of piperidine rings is 1. The van der Waals surface area contributed by atoms with Gasteiger partial charge in [-0.05, 0) is 85.7 Å². The SMILES string of the molecule is Nc1c(I)cc(C(=O)O)c2c1OC(CC1CCN(CC3CCCCC3)CC1)CO2. The molecule has 2 fully saturated rings. The molecule has 3 N–H and O–H groups in total. The largest absolute Gasteiger partial charge is 0.485 e. The molecule has 4 rings (SSSR count). The monoisotopic (exact) mass is 514 g/mol. The predicted molar refractivity (Wildman–Crippen MR) is 121 cm³/mol. The predicted octanol–water partition coefficient (Wildman–Crippen LogP) is 4.39. The molecular formula is C22H31IN2O4. The number of benzene rings is 1. The van der Waals surface area contributed by atoms with Gasteiger partial charge in [0.2, 0.25) is 0 Å². The van der Waals surface area contributed by atoms with Gasteiger partial charge in [0.15, 0.2) is 11.5 Å². The van der Waals surface area contributed by atoms with Crippen LogP contribution in [0.2, 0.25) is 0 Å². The zero-order chi connectivity index (χ0) is 20.4. The number of halogens is 1. The zero-order valence-corrected chi connectivity index (χ0v) is 19.0. The summed E-state index contributed by atoms with van der Waals surface area (Å²) in [5.74, 6) is 1.18. The second kappa shape index (κ2) is 9.29. The molecule has 2 aliphatic heterocycles. The average Bonchev–Trinajstić information content (AvgIpc) is 2.73. The number of hydrogen-bond donors (Lipinski definition) is 2. The molecule has 0 amide bonds. The lowest BCUT2D eigenvalue weighted by atomic mass is 9.87. The molecule has 1 aromatic carbocycles. The first kappa shape index (κ1) is 21.0. The molecule has 0 bridgehead atoms. The maximum Gasteiger partial charge on any atom is 0.339 e. The topological polar surface area (TPSA) is 85.0 Å². The Kier molecular flexibility index (Phi) is 6.73. The van der Waals surface area contributed by atoms with Crippen LogP contribution in [0.15, 0.2) is 6.07 Å². The molecule has 1 saturated heterocycles. The Morgan fingerprint density at radius 1 is 1.14 bits per heavy atom. The molecule has 0 aromatic heterocycles. The maximum absolute atomic E-state index is 11.5. The van der Waals surface area contributed by atoms with Crippen molar-refractivity contribution in [2.24, 2.45) is 11.8 Å². The van der Waals surface area contributed by atoms with Crippen LogP contribution in [-0.4, -0.2) is 48.3 Å². The Balaban J connectivity index is 1.31. The number of anilines is 1. The summed E-state index contributed by atoms with van der Waals surface area (Å²) >= 11 is 2.05. The van der Waals surface area contributed by atoms with Crippen LogP contribution in [0.4, 0.5) is 5.69 Å². The number of nitrogens with two attached hydrogens (primary N) is 1. The van der Waals surface area contributed by atoms with Gasteiger partial charge in [-0.3, -0.25) is 0 Å². The molecule has 1 aromatic rings. The van der Waals surface area contributed by atoms with E-state index in [0.29, 0.717) is 27.5 Å². The molecule has 6 nitrogen and oxygen atoms in total. The van der Waals surface area contributed by atoms with Gasteiger partial charge in [0.1, 0.15) is 18.3 Å². The first-order chi connectivity index (χ1) is 14.0. The number of likely N-dealkylation sites (tertiary alicyclic amines) is 1. The lowest BCUT2D eigenvalue weighted by Crippen LogP contribution is -2.40. The number of nitrogen functional groups attached to an aromatic ring is 1. The van der Waals surface area contributed by atoms with Gasteiger partial charge < -0.3 is 25.2 Å². The van der Waals surface area contributed by atoms with Crippen LogP contribution in [0.5, 0.6) is 11.5 Å². The fourth-order valence-electron chi connectivity index (χ4n) is 5.05. The van der Waals surface area contributed by atoms with Gasteiger partial charge in [-0.1, -0.05) is 19.3 Å². The normalized spacial score (nSPS) is 23.8. The van der Waals surface area contributed by atoms with E-state index in [1.165, 1.54) is 64.6 Å². The molecule has 29 heavy (non-hydrogen) atoms. The fourth-order valence-corrected chi connectivity index (χ4v) is 5.60. The molecule has 7 heteroatoms. The van der Waals surface area contributed by atoms with Crippen molar-refractivity contribution in [1.82, 2.24) is 4.90 Å². The van der Waals surface area contributed by atoms with Crippen LogP contribution in [0.25, 0.3) is 0 Å². The number of aromatic carboxylic acids is 1. The van der Waals surface area contributed by atoms with E-state index in [2.05, 4.69) is 4.90 Å². The maximum atomic E-state index is 11.5. The van der Waals surface area contributed by atoms with Gasteiger partial charge in [-0.2, -0.15) is 0 Å². The summed E-state index contributed by atoms with van der Waals surface area (Å²) in [5.41, 5.74) is 6.75. The van der Waals surface area contributed by atoms with Gasteiger partial charge in [0, 0.05) is 10.1 Å². The summed E-state index contributed by atoms with van der Waals surface area (Å²) in [6.45, 7) is 4.01. The number of rotatable bonds is 5. The lowest BCUT2D eigenvalue weighted by molar-refractivity contribution is 0.0532. The lowest BCUT2D eigenvalue weighted by Gasteiger charge is -2.37. The van der Waals surface area contributed by atoms with Crippen molar-refractivity contribution in [3.63, 3.8) is 0 Å². The van der Waals surface area contributed by atoms with Crippen molar-refractivity contribution in [3.05, 3.63) is 15.2 Å². The third-order valence-corrected chi connectivity index (χ3v) is 7.59. The molecule has 3 aliphatic rings. The van der Waals surface area contributed by atoms with E-state index < -0.39 is 5.97 Å². The van der Waals surface area contributed by atoms with Crippen LogP contribution >= 0.6 is 22.6 Å². The second-order valence-electron chi connectivity index (χ2n) is 8.82. The minimum Gasteiger partial charge on any atom is -0.485 e. The summed E-state index contributed by atoms with van der Waals surface area (Å²) in [6.07, 6.45) is 10.3. The number of ether oxygens (including phenoxy) is 2. The Morgan fingerprint density at radius 3 is 2.55 bits per heavy atom. The van der Waals surface area contributed by atoms with Gasteiger partial charge in [-0.25, -0.2) is 4.79 Å². The van der Waals surface area contributed by atoms with Crippen molar-refractivity contribution in [2.45, 2.75) is 57.5 Å². The third-order valence-electron chi connectivity index (χ3n) is 6.70. The zero-order valence-electron chi connectivity index (χ0n) is 16.9. The Bertz CT molecular complexity index is 743. The molecular weight excluding hydrogens is 483 g/mol. The van der Waals surface area contributed by atoms with Crippen molar-refractivity contribution in [1.29, 1.82) is 0 Å². The van der Waals surface area contributed by atoms with E-state index in [9.17, 15) is 9.90 Å². The number of hydrogen-bond acceptors (Lipinski definition) is 5. The standard InChI is InChI=1S/C22H31IN2O4/c23-18-11-17(22(26)27)20-21(19(18)24)29-16(13-28-20)10-14-6-8-25(9-7-14)12-15-4-2-1-3-5-15/h11,14-16H,1-10,12-13,24H2,(H,26,27). The quantitative estimate of drug-likeness (QED) is 0.448. The van der Waals surface area contributed by atoms with Crippen LogP contribution in [-0.2, 0) is 0 Å². The Labute approximate surface area is 186 Å². The number of carboxylic acid groups (broad SMARTS) is 1. The molecule has 1 aliphatic carbocycles. The fraction of sp³-hybridized carbons (Fsp3) is 0.682. The molecule has 0 radical (unpaired) electrons. The number of nitrogens with zero attached hydrogens (tertiary/aromatic N) is 1. The first-order valence-corrected chi connectivity index (χ1v) is 12.0. The van der Waals surface area contributed by atoms with Gasteiger partial charge in [0.05, 0.1) is 5.69 Å². The minimum absolute atomic E-state index is 0.0699. The third kappa shape index (κ3) is 4.93. The van der Waals surface area contributed by atoms with Crippen molar-refractivity contribution in [3.8, 4) is 11.5 Å². The van der Waals surface area contributed by atoms with E-state index in [4.69, 9.17) is 15.2 Å². The highest BCUT2D eigenvalue weighted by Crippen LogP contribution is 2.44. The van der Waals surface area contributed by atoms with Crippen LogP contribution in [0.3, 0.4) is 0 Å². The Morgan fingerprint density at radius 2 is 1.86 bits per heavy atom. The van der Waals surface area contributed by atoms with Crippen molar-refractivity contribution in [2.75, 3.05) is 32.0 Å². The molecule has 160 valence electrons. The molecule has 0 spiro atoms. The van der Waals surface area contributed by atoms with E-state index in [1.807, 2.05) is 22.6 Å².